The Labute approximate surface area is 119 Å². The van der Waals surface area contributed by atoms with Gasteiger partial charge in [0.15, 0.2) is 0 Å². The Hall–Kier alpha value is -0.350. The summed E-state index contributed by atoms with van der Waals surface area (Å²) in [5.74, 6) is 0. The molecule has 2 fully saturated rings. The summed E-state index contributed by atoms with van der Waals surface area (Å²) in [5.41, 5.74) is 5.02. The van der Waals surface area contributed by atoms with Gasteiger partial charge in [-0.3, -0.25) is 0 Å². The van der Waals surface area contributed by atoms with E-state index in [1.54, 1.807) is 5.30 Å². The normalized spacial score (nSPS) is 21.6. The van der Waals surface area contributed by atoms with E-state index >= 15 is 0 Å². The first-order valence-corrected chi connectivity index (χ1v) is 9.59. The molecule has 0 saturated heterocycles. The summed E-state index contributed by atoms with van der Waals surface area (Å²) in [6.45, 7) is 4.54. The van der Waals surface area contributed by atoms with E-state index in [4.69, 9.17) is 0 Å². The van der Waals surface area contributed by atoms with Crippen LogP contribution in [0.2, 0.25) is 0 Å². The summed E-state index contributed by atoms with van der Waals surface area (Å²) < 4.78 is 0. The van der Waals surface area contributed by atoms with E-state index in [-0.39, 0.29) is 7.92 Å². The Morgan fingerprint density at radius 3 is 1.58 bits per heavy atom. The second-order valence-corrected chi connectivity index (χ2v) is 9.42. The third kappa shape index (κ3) is 3.05. The molecule has 1 aromatic rings. The predicted octanol–water partition coefficient (Wildman–Crippen LogP) is 5.30. The van der Waals surface area contributed by atoms with Crippen LogP contribution < -0.4 is 5.30 Å². The molecule has 0 aliphatic heterocycles. The minimum atomic E-state index is 0.110. The van der Waals surface area contributed by atoms with E-state index in [1.165, 1.54) is 62.5 Å². The summed E-state index contributed by atoms with van der Waals surface area (Å²) in [4.78, 5) is 0. The van der Waals surface area contributed by atoms with Gasteiger partial charge in [-0.1, -0.05) is 62.9 Å². The molecule has 0 nitrogen and oxygen atoms in total. The number of rotatable bonds is 3. The van der Waals surface area contributed by atoms with Gasteiger partial charge in [0.2, 0.25) is 0 Å². The Bertz CT molecular complexity index is 389. The third-order valence-electron chi connectivity index (χ3n) is 4.94. The molecule has 1 aromatic carbocycles. The van der Waals surface area contributed by atoms with Crippen LogP contribution in [0.3, 0.4) is 0 Å². The highest BCUT2D eigenvalue weighted by atomic mass is 31.1. The van der Waals surface area contributed by atoms with Crippen molar-refractivity contribution in [2.75, 3.05) is 0 Å². The average molecular weight is 274 g/mol. The van der Waals surface area contributed by atoms with E-state index in [0.29, 0.717) is 0 Å². The average Bonchev–Trinajstić information content (AvgIpc) is 3.01. The minimum Gasteiger partial charge on any atom is -0.0689 e. The zero-order chi connectivity index (χ0) is 13.2. The van der Waals surface area contributed by atoms with Gasteiger partial charge in [-0.05, 0) is 56.2 Å². The van der Waals surface area contributed by atoms with Gasteiger partial charge >= 0.3 is 0 Å². The van der Waals surface area contributed by atoms with Crippen molar-refractivity contribution in [3.8, 4) is 0 Å². The van der Waals surface area contributed by atoms with Crippen LogP contribution in [0.4, 0.5) is 0 Å². The molecule has 3 rings (SSSR count). The van der Waals surface area contributed by atoms with Gasteiger partial charge in [0.25, 0.3) is 0 Å². The van der Waals surface area contributed by atoms with Crippen molar-refractivity contribution in [2.24, 2.45) is 0 Å². The molecule has 2 saturated carbocycles. The molecule has 1 heteroatoms. The maximum Gasteiger partial charge on any atom is -0.0166 e. The van der Waals surface area contributed by atoms with E-state index in [1.807, 2.05) is 0 Å². The monoisotopic (exact) mass is 274 g/mol. The van der Waals surface area contributed by atoms with Gasteiger partial charge in [-0.15, -0.1) is 0 Å². The topological polar surface area (TPSA) is 0 Å². The zero-order valence-corrected chi connectivity index (χ0v) is 13.4. The van der Waals surface area contributed by atoms with Gasteiger partial charge in [0.05, 0.1) is 0 Å². The first-order chi connectivity index (χ1) is 9.24. The fourth-order valence-electron chi connectivity index (χ4n) is 4.18. The maximum absolute atomic E-state index is 2.51. The number of hydrogen-bond acceptors (Lipinski definition) is 0. The number of hydrogen-bond donors (Lipinski definition) is 0. The molecule has 0 heterocycles. The van der Waals surface area contributed by atoms with Crippen molar-refractivity contribution in [3.63, 3.8) is 0 Å². The van der Waals surface area contributed by atoms with Crippen molar-refractivity contribution in [2.45, 2.75) is 76.5 Å². The van der Waals surface area contributed by atoms with Crippen LogP contribution in [0.1, 0.15) is 62.5 Å². The first-order valence-electron chi connectivity index (χ1n) is 8.11. The minimum absolute atomic E-state index is 0.110. The molecule has 0 aromatic heterocycles. The molecular formula is C18H27P. The highest BCUT2D eigenvalue weighted by Crippen LogP contribution is 2.56. The molecule has 0 unspecified atom stereocenters. The summed E-state index contributed by atoms with van der Waals surface area (Å²) >= 11 is 0. The van der Waals surface area contributed by atoms with E-state index in [0.717, 1.165) is 11.3 Å². The molecule has 0 N–H and O–H groups in total. The summed E-state index contributed by atoms with van der Waals surface area (Å²) in [6, 6.07) is 7.35. The summed E-state index contributed by atoms with van der Waals surface area (Å²) in [6.07, 6.45) is 12.0. The van der Waals surface area contributed by atoms with Crippen molar-refractivity contribution in [1.29, 1.82) is 0 Å². The molecular weight excluding hydrogens is 247 g/mol. The SMILES string of the molecule is Cc1cc(C)cc(P(C2CCCC2)C2CCCC2)c1. The second kappa shape index (κ2) is 5.96. The van der Waals surface area contributed by atoms with Crippen molar-refractivity contribution < 1.29 is 0 Å². The van der Waals surface area contributed by atoms with E-state index in [9.17, 15) is 0 Å². The Morgan fingerprint density at radius 2 is 1.16 bits per heavy atom. The van der Waals surface area contributed by atoms with Crippen molar-refractivity contribution in [1.82, 2.24) is 0 Å². The van der Waals surface area contributed by atoms with Crippen LogP contribution in [-0.2, 0) is 0 Å². The van der Waals surface area contributed by atoms with Crippen LogP contribution in [0.15, 0.2) is 18.2 Å². The molecule has 0 spiro atoms. The Balaban J connectivity index is 1.92. The quantitative estimate of drug-likeness (QED) is 0.656. The van der Waals surface area contributed by atoms with Gasteiger partial charge in [-0.25, -0.2) is 0 Å². The largest absolute Gasteiger partial charge is 0.0689 e. The molecule has 104 valence electrons. The summed E-state index contributed by atoms with van der Waals surface area (Å²) in [7, 11) is 0.110. The lowest BCUT2D eigenvalue weighted by atomic mass is 10.2. The third-order valence-corrected chi connectivity index (χ3v) is 8.40. The predicted molar refractivity (Wildman–Crippen MR) is 87.0 cm³/mol. The smallest absolute Gasteiger partial charge is 0.0166 e. The standard InChI is InChI=1S/C18H27P/c1-14-11-15(2)13-18(12-14)19(16-7-3-4-8-16)17-9-5-6-10-17/h11-13,16-17H,3-10H2,1-2H3. The van der Waals surface area contributed by atoms with Gasteiger partial charge < -0.3 is 0 Å². The van der Waals surface area contributed by atoms with Crippen molar-refractivity contribution >= 4 is 13.2 Å². The van der Waals surface area contributed by atoms with Crippen LogP contribution in [0.5, 0.6) is 0 Å². The molecule has 0 bridgehead atoms. The van der Waals surface area contributed by atoms with Crippen LogP contribution in [0, 0.1) is 13.8 Å². The lowest BCUT2D eigenvalue weighted by Gasteiger charge is -2.31. The van der Waals surface area contributed by atoms with E-state index < -0.39 is 0 Å². The zero-order valence-electron chi connectivity index (χ0n) is 12.5. The molecule has 0 radical (unpaired) electrons. The number of benzene rings is 1. The van der Waals surface area contributed by atoms with Gasteiger partial charge in [0.1, 0.15) is 0 Å². The van der Waals surface area contributed by atoms with Crippen LogP contribution >= 0.6 is 7.92 Å². The first kappa shape index (κ1) is 13.6. The lowest BCUT2D eigenvalue weighted by molar-refractivity contribution is 0.835. The highest BCUT2D eigenvalue weighted by Gasteiger charge is 2.33. The Kier molecular flexibility index (Phi) is 4.27. The Morgan fingerprint density at radius 1 is 0.737 bits per heavy atom. The fraction of sp³-hybridized carbons (Fsp3) is 0.667. The van der Waals surface area contributed by atoms with Gasteiger partial charge in [-0.2, -0.15) is 0 Å². The molecule has 2 aliphatic carbocycles. The molecule has 19 heavy (non-hydrogen) atoms. The molecule has 0 atom stereocenters. The summed E-state index contributed by atoms with van der Waals surface area (Å²) in [5, 5.41) is 1.73. The number of aryl methyl sites for hydroxylation is 2. The van der Waals surface area contributed by atoms with Gasteiger partial charge in [0, 0.05) is 0 Å². The van der Waals surface area contributed by atoms with Crippen LogP contribution in [0.25, 0.3) is 0 Å². The maximum atomic E-state index is 2.51. The fourth-order valence-corrected chi connectivity index (χ4v) is 8.17. The molecule has 0 amide bonds. The molecule has 2 aliphatic rings. The van der Waals surface area contributed by atoms with E-state index in [2.05, 4.69) is 32.0 Å². The highest BCUT2D eigenvalue weighted by molar-refractivity contribution is 7.67. The van der Waals surface area contributed by atoms with Crippen molar-refractivity contribution in [3.05, 3.63) is 29.3 Å². The second-order valence-electron chi connectivity index (χ2n) is 6.63. The lowest BCUT2D eigenvalue weighted by Crippen LogP contribution is -2.19. The van der Waals surface area contributed by atoms with Crippen LogP contribution in [-0.4, -0.2) is 11.3 Å².